The van der Waals surface area contributed by atoms with Gasteiger partial charge in [-0.2, -0.15) is 5.10 Å². The normalized spacial score (nSPS) is 18.2. The molecule has 0 bridgehead atoms. The zero-order valence-corrected chi connectivity index (χ0v) is 11.8. The second kappa shape index (κ2) is 5.45. The third-order valence-corrected chi connectivity index (χ3v) is 3.83. The first kappa shape index (κ1) is 12.8. The lowest BCUT2D eigenvalue weighted by Gasteiger charge is -2.31. The maximum Gasteiger partial charge on any atom is 0.157 e. The van der Waals surface area contributed by atoms with Crippen LogP contribution in [0, 0.1) is 0 Å². The topological polar surface area (TPSA) is 36.7 Å². The lowest BCUT2D eigenvalue weighted by molar-refractivity contribution is 0.155. The van der Waals surface area contributed by atoms with Gasteiger partial charge in [0.1, 0.15) is 0 Å². The summed E-state index contributed by atoms with van der Waals surface area (Å²) in [4.78, 5) is 9.34. The first-order chi connectivity index (χ1) is 9.20. The quantitative estimate of drug-likeness (QED) is 0.845. The van der Waals surface area contributed by atoms with E-state index in [1.807, 2.05) is 18.3 Å². The number of nitrogens with zero attached hydrogens (tertiary/aromatic N) is 5. The molecule has 0 amide bonds. The Labute approximate surface area is 117 Å². The second-order valence-corrected chi connectivity index (χ2v) is 5.51. The summed E-state index contributed by atoms with van der Waals surface area (Å²) in [6, 6.07) is 3.67. The number of hydrogen-bond acceptors (Lipinski definition) is 4. The van der Waals surface area contributed by atoms with Gasteiger partial charge >= 0.3 is 0 Å². The molecule has 3 heterocycles. The Kier molecular flexibility index (Phi) is 3.68. The summed E-state index contributed by atoms with van der Waals surface area (Å²) in [6.45, 7) is 5.59. The summed E-state index contributed by atoms with van der Waals surface area (Å²) in [6.07, 6.45) is 2.74. The molecule has 5 nitrogen and oxygen atoms in total. The van der Waals surface area contributed by atoms with Crippen LogP contribution in [0.3, 0.4) is 0 Å². The van der Waals surface area contributed by atoms with Crippen LogP contribution in [0.2, 0.25) is 5.02 Å². The summed E-state index contributed by atoms with van der Waals surface area (Å²) >= 11 is 5.95. The maximum absolute atomic E-state index is 5.95. The van der Waals surface area contributed by atoms with Gasteiger partial charge < -0.3 is 9.80 Å². The van der Waals surface area contributed by atoms with Crippen molar-refractivity contribution in [3.63, 3.8) is 0 Å². The highest BCUT2D eigenvalue weighted by Crippen LogP contribution is 2.11. The molecule has 19 heavy (non-hydrogen) atoms. The molecule has 2 aromatic rings. The standard InChI is InChI=1S/C13H18ClN5/c1-17-6-8-18(9-7-17)4-3-12-15-13-10-11(14)2-5-19(13)16-12/h2,5,10H,3-4,6-9H2,1H3. The first-order valence-electron chi connectivity index (χ1n) is 6.62. The molecular weight excluding hydrogens is 262 g/mol. The number of hydrogen-bond donors (Lipinski definition) is 0. The molecule has 1 aliphatic rings. The smallest absolute Gasteiger partial charge is 0.157 e. The molecule has 0 saturated carbocycles. The predicted octanol–water partition coefficient (Wildman–Crippen LogP) is 1.17. The molecule has 0 aromatic carbocycles. The number of halogens is 1. The molecule has 0 aliphatic carbocycles. The highest BCUT2D eigenvalue weighted by atomic mass is 35.5. The van der Waals surface area contributed by atoms with Gasteiger partial charge in [-0.3, -0.25) is 0 Å². The van der Waals surface area contributed by atoms with Gasteiger partial charge in [0, 0.05) is 56.4 Å². The zero-order valence-electron chi connectivity index (χ0n) is 11.1. The van der Waals surface area contributed by atoms with E-state index in [1.165, 1.54) is 0 Å². The zero-order chi connectivity index (χ0) is 13.2. The van der Waals surface area contributed by atoms with Gasteiger partial charge in [0.25, 0.3) is 0 Å². The highest BCUT2D eigenvalue weighted by molar-refractivity contribution is 6.30. The van der Waals surface area contributed by atoms with Gasteiger partial charge in [0.05, 0.1) is 0 Å². The van der Waals surface area contributed by atoms with Crippen molar-refractivity contribution in [1.82, 2.24) is 24.4 Å². The Morgan fingerprint density at radius 2 is 2.05 bits per heavy atom. The molecular formula is C13H18ClN5. The number of likely N-dealkylation sites (N-methyl/N-ethyl adjacent to an activating group) is 1. The van der Waals surface area contributed by atoms with Gasteiger partial charge in [-0.05, 0) is 13.1 Å². The van der Waals surface area contributed by atoms with E-state index < -0.39 is 0 Å². The lowest BCUT2D eigenvalue weighted by atomic mass is 10.3. The summed E-state index contributed by atoms with van der Waals surface area (Å²) < 4.78 is 1.78. The molecule has 0 atom stereocenters. The van der Waals surface area contributed by atoms with Crippen LogP contribution in [0.15, 0.2) is 18.3 Å². The van der Waals surface area contributed by atoms with Crippen LogP contribution in [0.5, 0.6) is 0 Å². The Morgan fingerprint density at radius 3 is 2.84 bits per heavy atom. The van der Waals surface area contributed by atoms with E-state index in [1.54, 1.807) is 4.52 Å². The summed E-state index contributed by atoms with van der Waals surface area (Å²) in [5.74, 6) is 0.890. The van der Waals surface area contributed by atoms with Crippen LogP contribution < -0.4 is 0 Å². The molecule has 2 aromatic heterocycles. The van der Waals surface area contributed by atoms with Gasteiger partial charge in [0.2, 0.25) is 0 Å². The molecule has 0 spiro atoms. The maximum atomic E-state index is 5.95. The number of fused-ring (bicyclic) bond motifs is 1. The monoisotopic (exact) mass is 279 g/mol. The summed E-state index contributed by atoms with van der Waals surface area (Å²) in [5, 5.41) is 5.16. The predicted molar refractivity (Wildman–Crippen MR) is 75.6 cm³/mol. The Morgan fingerprint density at radius 1 is 1.26 bits per heavy atom. The minimum atomic E-state index is 0.700. The van der Waals surface area contributed by atoms with Crippen LogP contribution in [0.1, 0.15) is 5.82 Å². The SMILES string of the molecule is CN1CCN(CCc2nc3cc(Cl)ccn3n2)CC1. The van der Waals surface area contributed by atoms with Gasteiger partial charge in [-0.15, -0.1) is 0 Å². The van der Waals surface area contributed by atoms with Crippen molar-refractivity contribution in [3.05, 3.63) is 29.2 Å². The van der Waals surface area contributed by atoms with Crippen LogP contribution in [0.4, 0.5) is 0 Å². The molecule has 6 heteroatoms. The van der Waals surface area contributed by atoms with Crippen LogP contribution in [-0.4, -0.2) is 64.2 Å². The molecule has 0 unspecified atom stereocenters. The van der Waals surface area contributed by atoms with E-state index in [0.717, 1.165) is 50.6 Å². The van der Waals surface area contributed by atoms with E-state index in [0.29, 0.717) is 5.02 Å². The number of aromatic nitrogens is 3. The molecule has 1 fully saturated rings. The van der Waals surface area contributed by atoms with E-state index in [-0.39, 0.29) is 0 Å². The minimum absolute atomic E-state index is 0.700. The average Bonchev–Trinajstić information content (AvgIpc) is 2.80. The molecule has 0 N–H and O–H groups in total. The third-order valence-electron chi connectivity index (χ3n) is 3.59. The van der Waals surface area contributed by atoms with Crippen LogP contribution in [-0.2, 0) is 6.42 Å². The van der Waals surface area contributed by atoms with E-state index in [2.05, 4.69) is 26.9 Å². The van der Waals surface area contributed by atoms with Crippen molar-refractivity contribution < 1.29 is 0 Å². The summed E-state index contributed by atoms with van der Waals surface area (Å²) in [5.41, 5.74) is 0.820. The fourth-order valence-corrected chi connectivity index (χ4v) is 2.49. The van der Waals surface area contributed by atoms with Gasteiger partial charge in [0.15, 0.2) is 11.5 Å². The van der Waals surface area contributed by atoms with Crippen molar-refractivity contribution in [1.29, 1.82) is 0 Å². The Bertz CT molecular complexity index is 559. The van der Waals surface area contributed by atoms with Crippen molar-refractivity contribution in [2.24, 2.45) is 0 Å². The average molecular weight is 280 g/mol. The van der Waals surface area contributed by atoms with Crippen LogP contribution in [0.25, 0.3) is 5.65 Å². The minimum Gasteiger partial charge on any atom is -0.304 e. The third kappa shape index (κ3) is 3.05. The summed E-state index contributed by atoms with van der Waals surface area (Å²) in [7, 11) is 2.17. The van der Waals surface area contributed by atoms with E-state index in [9.17, 15) is 0 Å². The Hall–Kier alpha value is -1.17. The second-order valence-electron chi connectivity index (χ2n) is 5.07. The fraction of sp³-hybridized carbons (Fsp3) is 0.538. The van der Waals surface area contributed by atoms with Crippen molar-refractivity contribution in [3.8, 4) is 0 Å². The largest absolute Gasteiger partial charge is 0.304 e. The van der Waals surface area contributed by atoms with Crippen molar-refractivity contribution >= 4 is 17.2 Å². The molecule has 3 rings (SSSR count). The molecule has 1 saturated heterocycles. The highest BCUT2D eigenvalue weighted by Gasteiger charge is 2.14. The fourth-order valence-electron chi connectivity index (χ4n) is 2.34. The Balaban J connectivity index is 1.62. The van der Waals surface area contributed by atoms with Crippen molar-refractivity contribution in [2.75, 3.05) is 39.8 Å². The van der Waals surface area contributed by atoms with E-state index in [4.69, 9.17) is 11.6 Å². The number of rotatable bonds is 3. The van der Waals surface area contributed by atoms with Gasteiger partial charge in [-0.1, -0.05) is 11.6 Å². The number of pyridine rings is 1. The molecule has 102 valence electrons. The first-order valence-corrected chi connectivity index (χ1v) is 7.00. The lowest BCUT2D eigenvalue weighted by Crippen LogP contribution is -2.45. The number of piperazine rings is 1. The molecule has 1 aliphatic heterocycles. The van der Waals surface area contributed by atoms with Gasteiger partial charge in [-0.25, -0.2) is 9.50 Å². The molecule has 0 radical (unpaired) electrons. The van der Waals surface area contributed by atoms with E-state index >= 15 is 0 Å². The van der Waals surface area contributed by atoms with Crippen molar-refractivity contribution in [2.45, 2.75) is 6.42 Å². The van der Waals surface area contributed by atoms with Crippen LogP contribution >= 0.6 is 11.6 Å².